The Morgan fingerprint density at radius 3 is 2.68 bits per heavy atom. The van der Waals surface area contributed by atoms with Crippen molar-refractivity contribution in [1.29, 1.82) is 0 Å². The number of rotatable bonds is 6. The van der Waals surface area contributed by atoms with Crippen molar-refractivity contribution < 1.29 is 9.53 Å². The van der Waals surface area contributed by atoms with Crippen LogP contribution in [0.5, 0.6) is 0 Å². The third-order valence-electron chi connectivity index (χ3n) is 4.17. The molecule has 0 amide bonds. The fourth-order valence-corrected chi connectivity index (χ4v) is 2.80. The molecule has 0 saturated heterocycles. The van der Waals surface area contributed by atoms with Gasteiger partial charge in [-0.25, -0.2) is 9.78 Å². The molecule has 2 fully saturated rings. The number of ether oxygens (including phenoxy) is 1. The molecule has 1 aromatic rings. The first-order valence-electron chi connectivity index (χ1n) is 7.07. The molecule has 0 aromatic carbocycles. The van der Waals surface area contributed by atoms with Crippen LogP contribution in [-0.4, -0.2) is 24.6 Å². The maximum atomic E-state index is 11.7. The zero-order valence-corrected chi connectivity index (χ0v) is 11.3. The van der Waals surface area contributed by atoms with Crippen LogP contribution in [0.3, 0.4) is 0 Å². The second kappa shape index (κ2) is 5.19. The van der Waals surface area contributed by atoms with Gasteiger partial charge in [0.2, 0.25) is 0 Å². The zero-order chi connectivity index (χ0) is 13.2. The Morgan fingerprint density at radius 2 is 2.11 bits per heavy atom. The maximum Gasteiger partial charge on any atom is 0.341 e. The molecule has 2 saturated carbocycles. The van der Waals surface area contributed by atoms with Gasteiger partial charge in [0, 0.05) is 12.7 Å². The van der Waals surface area contributed by atoms with Gasteiger partial charge in [-0.2, -0.15) is 0 Å². The molecule has 0 aliphatic heterocycles. The largest absolute Gasteiger partial charge is 0.465 e. The van der Waals surface area contributed by atoms with E-state index in [2.05, 4.69) is 10.3 Å². The molecule has 1 aromatic heterocycles. The van der Waals surface area contributed by atoms with Crippen LogP contribution in [0.1, 0.15) is 36.0 Å². The van der Waals surface area contributed by atoms with Crippen molar-refractivity contribution in [3.63, 3.8) is 0 Å². The van der Waals surface area contributed by atoms with E-state index in [0.29, 0.717) is 11.4 Å². The highest BCUT2D eigenvalue weighted by atomic mass is 16.5. The van der Waals surface area contributed by atoms with E-state index in [4.69, 9.17) is 4.74 Å². The number of anilines is 1. The standard InChI is InChI=1S/C15H20N2O2/c1-19-15(18)12-3-2-8-16-14(12)17-9-13(10-4-5-10)11-6-7-11/h2-3,8,10-11,13H,4-7,9H2,1H3,(H,16,17). The van der Waals surface area contributed by atoms with Crippen LogP contribution in [-0.2, 0) is 4.74 Å². The molecule has 4 nitrogen and oxygen atoms in total. The highest BCUT2D eigenvalue weighted by molar-refractivity contribution is 5.94. The number of carbonyl (C=O) groups excluding carboxylic acids is 1. The molecule has 0 spiro atoms. The summed E-state index contributed by atoms with van der Waals surface area (Å²) in [6, 6.07) is 3.51. The fraction of sp³-hybridized carbons (Fsp3) is 0.600. The van der Waals surface area contributed by atoms with E-state index >= 15 is 0 Å². The molecule has 0 atom stereocenters. The third-order valence-corrected chi connectivity index (χ3v) is 4.17. The van der Waals surface area contributed by atoms with Gasteiger partial charge in [-0.1, -0.05) is 0 Å². The van der Waals surface area contributed by atoms with Crippen LogP contribution in [0, 0.1) is 17.8 Å². The third kappa shape index (κ3) is 2.88. The summed E-state index contributed by atoms with van der Waals surface area (Å²) >= 11 is 0. The van der Waals surface area contributed by atoms with Crippen molar-refractivity contribution in [1.82, 2.24) is 4.98 Å². The number of aromatic nitrogens is 1. The number of hydrogen-bond donors (Lipinski definition) is 1. The van der Waals surface area contributed by atoms with Gasteiger partial charge in [-0.05, 0) is 55.6 Å². The van der Waals surface area contributed by atoms with E-state index in [1.165, 1.54) is 32.8 Å². The Morgan fingerprint density at radius 1 is 1.42 bits per heavy atom. The van der Waals surface area contributed by atoms with Crippen LogP contribution < -0.4 is 5.32 Å². The summed E-state index contributed by atoms with van der Waals surface area (Å²) in [7, 11) is 1.40. The smallest absolute Gasteiger partial charge is 0.341 e. The number of methoxy groups -OCH3 is 1. The quantitative estimate of drug-likeness (QED) is 0.799. The van der Waals surface area contributed by atoms with Crippen molar-refractivity contribution in [2.24, 2.45) is 17.8 Å². The summed E-state index contributed by atoms with van der Waals surface area (Å²) in [6.07, 6.45) is 7.19. The molecular formula is C15H20N2O2. The number of nitrogens with zero attached hydrogens (tertiary/aromatic N) is 1. The fourth-order valence-electron chi connectivity index (χ4n) is 2.80. The van der Waals surface area contributed by atoms with Crippen LogP contribution in [0.15, 0.2) is 18.3 Å². The lowest BCUT2D eigenvalue weighted by molar-refractivity contribution is 0.0601. The first kappa shape index (κ1) is 12.5. The molecule has 102 valence electrons. The number of pyridine rings is 1. The van der Waals surface area contributed by atoms with E-state index < -0.39 is 0 Å². The van der Waals surface area contributed by atoms with Crippen molar-refractivity contribution in [3.8, 4) is 0 Å². The van der Waals surface area contributed by atoms with E-state index in [9.17, 15) is 4.79 Å². The molecular weight excluding hydrogens is 240 g/mol. The molecule has 2 aliphatic rings. The minimum absolute atomic E-state index is 0.329. The molecule has 19 heavy (non-hydrogen) atoms. The van der Waals surface area contributed by atoms with Crippen LogP contribution in [0.4, 0.5) is 5.82 Å². The first-order valence-corrected chi connectivity index (χ1v) is 7.07. The van der Waals surface area contributed by atoms with Gasteiger partial charge in [-0.3, -0.25) is 0 Å². The zero-order valence-electron chi connectivity index (χ0n) is 11.3. The SMILES string of the molecule is COC(=O)c1cccnc1NCC(C1CC1)C1CC1. The van der Waals surface area contributed by atoms with Crippen molar-refractivity contribution in [2.75, 3.05) is 19.0 Å². The van der Waals surface area contributed by atoms with Gasteiger partial charge in [0.1, 0.15) is 11.4 Å². The summed E-state index contributed by atoms with van der Waals surface area (Å²) in [4.78, 5) is 15.9. The lowest BCUT2D eigenvalue weighted by Gasteiger charge is -2.17. The number of nitrogens with one attached hydrogen (secondary N) is 1. The summed E-state index contributed by atoms with van der Waals surface area (Å²) in [6.45, 7) is 0.927. The predicted octanol–water partition coefficient (Wildman–Crippen LogP) is 2.72. The van der Waals surface area contributed by atoms with Gasteiger partial charge in [0.25, 0.3) is 0 Å². The molecule has 0 bridgehead atoms. The molecule has 3 rings (SSSR count). The predicted molar refractivity (Wildman–Crippen MR) is 73.0 cm³/mol. The average Bonchev–Trinajstić information content (AvgIpc) is 3.31. The van der Waals surface area contributed by atoms with Crippen LogP contribution >= 0.6 is 0 Å². The Labute approximate surface area is 113 Å². The normalized spacial score (nSPS) is 18.4. The Balaban J connectivity index is 1.67. The highest BCUT2D eigenvalue weighted by Gasteiger charge is 2.41. The monoisotopic (exact) mass is 260 g/mol. The topological polar surface area (TPSA) is 51.2 Å². The van der Waals surface area contributed by atoms with Gasteiger partial charge < -0.3 is 10.1 Å². The number of carbonyl (C=O) groups is 1. The average molecular weight is 260 g/mol. The van der Waals surface area contributed by atoms with Gasteiger partial charge >= 0.3 is 5.97 Å². The molecule has 0 unspecified atom stereocenters. The first-order chi connectivity index (χ1) is 9.29. The van der Waals surface area contributed by atoms with E-state index in [-0.39, 0.29) is 5.97 Å². The number of esters is 1. The van der Waals surface area contributed by atoms with Crippen molar-refractivity contribution in [3.05, 3.63) is 23.9 Å². The molecule has 1 heterocycles. The Hall–Kier alpha value is -1.58. The van der Waals surface area contributed by atoms with E-state index in [1.807, 2.05) is 0 Å². The van der Waals surface area contributed by atoms with E-state index in [0.717, 1.165) is 24.3 Å². The lowest BCUT2D eigenvalue weighted by Crippen LogP contribution is -2.20. The van der Waals surface area contributed by atoms with Gasteiger partial charge in [-0.15, -0.1) is 0 Å². The van der Waals surface area contributed by atoms with Crippen LogP contribution in [0.25, 0.3) is 0 Å². The van der Waals surface area contributed by atoms with Crippen molar-refractivity contribution >= 4 is 11.8 Å². The second-order valence-corrected chi connectivity index (χ2v) is 5.61. The van der Waals surface area contributed by atoms with Crippen molar-refractivity contribution in [2.45, 2.75) is 25.7 Å². The molecule has 2 aliphatic carbocycles. The number of hydrogen-bond acceptors (Lipinski definition) is 4. The lowest BCUT2D eigenvalue weighted by atomic mass is 9.98. The molecule has 4 heteroatoms. The Bertz CT molecular complexity index is 455. The Kier molecular flexibility index (Phi) is 3.40. The summed E-state index contributed by atoms with van der Waals surface area (Å²) in [5.41, 5.74) is 0.523. The molecule has 0 radical (unpaired) electrons. The minimum atomic E-state index is -0.329. The van der Waals surface area contributed by atoms with E-state index in [1.54, 1.807) is 18.3 Å². The van der Waals surface area contributed by atoms with Crippen LogP contribution in [0.2, 0.25) is 0 Å². The van der Waals surface area contributed by atoms with Gasteiger partial charge in [0.05, 0.1) is 7.11 Å². The molecule has 1 N–H and O–H groups in total. The second-order valence-electron chi connectivity index (χ2n) is 5.61. The highest BCUT2D eigenvalue weighted by Crippen LogP contribution is 2.49. The van der Waals surface area contributed by atoms with Gasteiger partial charge in [0.15, 0.2) is 0 Å². The summed E-state index contributed by atoms with van der Waals surface area (Å²) in [5.74, 6) is 2.87. The minimum Gasteiger partial charge on any atom is -0.465 e. The summed E-state index contributed by atoms with van der Waals surface area (Å²) < 4.78 is 4.78. The summed E-state index contributed by atoms with van der Waals surface area (Å²) in [5, 5.41) is 3.36. The maximum absolute atomic E-state index is 11.7.